The van der Waals surface area contributed by atoms with Crippen LogP contribution >= 0.6 is 0 Å². The van der Waals surface area contributed by atoms with Crippen molar-refractivity contribution < 1.29 is 78.1 Å². The zero-order valence-electron chi connectivity index (χ0n) is 5.17. The van der Waals surface area contributed by atoms with Crippen molar-refractivity contribution >= 4 is 0 Å². The second-order valence-corrected chi connectivity index (χ2v) is 0. The first-order valence-electron chi connectivity index (χ1n) is 0.183. The van der Waals surface area contributed by atoms with Crippen LogP contribution in [0.2, 0.25) is 0 Å². The third kappa shape index (κ3) is 23.4. The molecule has 0 heterocycles. The summed E-state index contributed by atoms with van der Waals surface area (Å²) in [5.41, 5.74) is 0. The minimum absolute atomic E-state index is 0. The van der Waals surface area contributed by atoms with Gasteiger partial charge in [-0.15, -0.1) is 0 Å². The molecule has 0 N–H and O–H groups in total. The molecule has 0 unspecified atom stereocenters. The molecule has 0 saturated heterocycles. The SMILES string of the molecule is [H-].[H-].[Li+].[Li+].[Ni].[O]=[V]. The Morgan fingerprint density at radius 1 is 1.20 bits per heavy atom. The summed E-state index contributed by atoms with van der Waals surface area (Å²) in [5.74, 6) is 0. The molecular formula is H2Li2NiOV. The summed E-state index contributed by atoms with van der Waals surface area (Å²) in [5, 5.41) is 0. The first-order chi connectivity index (χ1) is 1.00. The molecule has 0 rings (SSSR count). The second kappa shape index (κ2) is 36.4. The molecular weight excluding hydrogens is 140 g/mol. The van der Waals surface area contributed by atoms with Crippen LogP contribution in [0.5, 0.6) is 0 Å². The van der Waals surface area contributed by atoms with E-state index < -0.39 is 0 Å². The fourth-order valence-corrected chi connectivity index (χ4v) is 0. The van der Waals surface area contributed by atoms with Crippen molar-refractivity contribution in [1.29, 1.82) is 0 Å². The summed E-state index contributed by atoms with van der Waals surface area (Å²) >= 11 is 1.06. The van der Waals surface area contributed by atoms with Gasteiger partial charge in [-0.25, -0.2) is 0 Å². The average Bonchev–Trinajstić information content (AvgIpc) is 1.00. The molecule has 1 nitrogen and oxygen atoms in total. The van der Waals surface area contributed by atoms with Crippen LogP contribution in [0.3, 0.4) is 0 Å². The van der Waals surface area contributed by atoms with Crippen molar-refractivity contribution in [2.24, 2.45) is 0 Å². The van der Waals surface area contributed by atoms with E-state index >= 15 is 0 Å². The van der Waals surface area contributed by atoms with Crippen LogP contribution in [0.15, 0.2) is 0 Å². The summed E-state index contributed by atoms with van der Waals surface area (Å²) in [6, 6.07) is 0. The quantitative estimate of drug-likeness (QED) is 0.307. The fraction of sp³-hybridized carbons (Fsp3) is 0. The number of rotatable bonds is 0. The Morgan fingerprint density at radius 3 is 1.20 bits per heavy atom. The zero-order chi connectivity index (χ0) is 2.00. The molecule has 0 atom stereocenters. The molecule has 0 aromatic heterocycles. The Morgan fingerprint density at radius 2 is 1.20 bits per heavy atom. The van der Waals surface area contributed by atoms with Gasteiger partial charge in [-0.3, -0.25) is 0 Å². The predicted octanol–water partition coefficient (Wildman–Crippen LogP) is -5.89. The number of hydrogen-bond acceptors (Lipinski definition) is 1. The Balaban J connectivity index is -0.000000000500. The predicted molar refractivity (Wildman–Crippen MR) is 2.91 cm³/mol. The minimum atomic E-state index is 0. The van der Waals surface area contributed by atoms with Crippen LogP contribution in [-0.2, 0) is 37.5 Å². The van der Waals surface area contributed by atoms with E-state index in [2.05, 4.69) is 0 Å². The summed E-state index contributed by atoms with van der Waals surface area (Å²) in [4.78, 5) is 0. The normalized spacial score (nSPS) is 0.600. The molecule has 0 aliphatic rings. The first-order valence-corrected chi connectivity index (χ1v) is 0.753. The molecule has 0 aliphatic carbocycles. The molecule has 0 saturated carbocycles. The first kappa shape index (κ1) is 27.6. The average molecular weight is 142 g/mol. The van der Waals surface area contributed by atoms with Crippen molar-refractivity contribution in [2.45, 2.75) is 0 Å². The Labute approximate surface area is 77.5 Å². The van der Waals surface area contributed by atoms with Gasteiger partial charge in [0.25, 0.3) is 0 Å². The summed E-state index contributed by atoms with van der Waals surface area (Å²) in [7, 11) is 0. The van der Waals surface area contributed by atoms with Gasteiger partial charge in [-0.2, -0.15) is 0 Å². The molecule has 25 valence electrons. The zero-order valence-corrected chi connectivity index (χ0v) is 5.56. The van der Waals surface area contributed by atoms with Crippen LogP contribution in [0.25, 0.3) is 0 Å². The Kier molecular flexibility index (Phi) is 201. The third-order valence-corrected chi connectivity index (χ3v) is 0. The van der Waals surface area contributed by atoms with Crippen LogP contribution in [-0.4, -0.2) is 0 Å². The van der Waals surface area contributed by atoms with Crippen LogP contribution in [0.1, 0.15) is 2.85 Å². The Bertz CT molecular complexity index is 15.7. The van der Waals surface area contributed by atoms with E-state index in [4.69, 9.17) is 3.67 Å². The van der Waals surface area contributed by atoms with Crippen molar-refractivity contribution in [1.82, 2.24) is 0 Å². The molecule has 0 aliphatic heterocycles. The van der Waals surface area contributed by atoms with Gasteiger partial charge in [0.1, 0.15) is 0 Å². The van der Waals surface area contributed by atoms with Gasteiger partial charge in [0.05, 0.1) is 0 Å². The van der Waals surface area contributed by atoms with Crippen molar-refractivity contribution in [3.05, 3.63) is 0 Å². The summed E-state index contributed by atoms with van der Waals surface area (Å²) in [6.45, 7) is 0. The van der Waals surface area contributed by atoms with E-state index in [1.165, 1.54) is 0 Å². The maximum absolute atomic E-state index is 8.19. The van der Waals surface area contributed by atoms with Gasteiger partial charge in [-0.1, -0.05) is 0 Å². The van der Waals surface area contributed by atoms with E-state index in [0.29, 0.717) is 0 Å². The fourth-order valence-electron chi connectivity index (χ4n) is 0. The van der Waals surface area contributed by atoms with Gasteiger partial charge in [0, 0.05) is 16.5 Å². The van der Waals surface area contributed by atoms with E-state index in [0.717, 1.165) is 17.4 Å². The second-order valence-electron chi connectivity index (χ2n) is 0. The van der Waals surface area contributed by atoms with Crippen molar-refractivity contribution in [3.63, 3.8) is 0 Å². The summed E-state index contributed by atoms with van der Waals surface area (Å²) < 4.78 is 8.19. The third-order valence-electron chi connectivity index (χ3n) is 0. The molecule has 5 heteroatoms. The molecule has 0 spiro atoms. The van der Waals surface area contributed by atoms with Crippen LogP contribution in [0, 0.1) is 0 Å². The molecule has 0 aromatic rings. The topological polar surface area (TPSA) is 17.1 Å². The standard InChI is InChI=1S/2Li.Ni.O.V.2H/q2*+1;;;;2*-1. The van der Waals surface area contributed by atoms with Gasteiger partial charge >= 0.3 is 58.8 Å². The number of hydrogen-bond donors (Lipinski definition) is 0. The maximum atomic E-state index is 8.19. The van der Waals surface area contributed by atoms with Gasteiger partial charge < -0.3 is 2.85 Å². The van der Waals surface area contributed by atoms with Crippen LogP contribution in [0.4, 0.5) is 0 Å². The Hall–Kier alpha value is 2.07. The molecule has 0 fully saturated rings. The monoisotopic (exact) mass is 141 g/mol. The molecule has 0 radical (unpaired) electrons. The van der Waals surface area contributed by atoms with Crippen molar-refractivity contribution in [3.8, 4) is 0 Å². The van der Waals surface area contributed by atoms with Crippen LogP contribution < -0.4 is 37.7 Å². The van der Waals surface area contributed by atoms with E-state index in [-0.39, 0.29) is 57.1 Å². The molecule has 5 heavy (non-hydrogen) atoms. The van der Waals surface area contributed by atoms with Gasteiger partial charge in [0.15, 0.2) is 0 Å². The van der Waals surface area contributed by atoms with Crippen molar-refractivity contribution in [2.75, 3.05) is 0 Å². The van der Waals surface area contributed by atoms with E-state index in [1.54, 1.807) is 0 Å². The van der Waals surface area contributed by atoms with Gasteiger partial charge in [0.2, 0.25) is 0 Å². The molecule has 0 amide bonds. The van der Waals surface area contributed by atoms with E-state index in [1.807, 2.05) is 0 Å². The molecule has 0 aromatic carbocycles. The van der Waals surface area contributed by atoms with E-state index in [9.17, 15) is 0 Å². The summed E-state index contributed by atoms with van der Waals surface area (Å²) in [6.07, 6.45) is 0. The van der Waals surface area contributed by atoms with Gasteiger partial charge in [-0.05, 0) is 0 Å². The molecule has 0 bridgehead atoms.